The van der Waals surface area contributed by atoms with Gasteiger partial charge in [0.1, 0.15) is 0 Å². The Bertz CT molecular complexity index is 588. The minimum atomic E-state index is -1.71. The van der Waals surface area contributed by atoms with E-state index in [1.54, 1.807) is 0 Å². The Morgan fingerprint density at radius 3 is 1.83 bits per heavy atom. The molecule has 2 rings (SSSR count). The van der Waals surface area contributed by atoms with Crippen LogP contribution in [0.1, 0.15) is 43.7 Å². The average molecular weight is 327 g/mol. The fraction of sp³-hybridized carbons (Fsp3) is 0.429. The number of hydrogen-bond donors (Lipinski definition) is 0. The van der Waals surface area contributed by atoms with Crippen molar-refractivity contribution in [2.75, 3.05) is 0 Å². The third-order valence-corrected chi connectivity index (χ3v) is 5.43. The predicted molar refractivity (Wildman–Crippen MR) is 102 cm³/mol. The van der Waals surface area contributed by atoms with E-state index in [4.69, 9.17) is 4.43 Å². The molecule has 0 aliphatic heterocycles. The second-order valence-corrected chi connectivity index (χ2v) is 11.6. The summed E-state index contributed by atoms with van der Waals surface area (Å²) in [6.07, 6.45) is 2.05. The monoisotopic (exact) mass is 326 g/mol. The van der Waals surface area contributed by atoms with Gasteiger partial charge in [0.05, 0.1) is 5.60 Å². The van der Waals surface area contributed by atoms with Crippen LogP contribution in [0.25, 0.3) is 0 Å². The fourth-order valence-electron chi connectivity index (χ4n) is 3.64. The maximum absolute atomic E-state index is 6.91. The summed E-state index contributed by atoms with van der Waals surface area (Å²) in [5, 5.41) is 0. The Hall–Kier alpha value is -1.38. The maximum atomic E-state index is 6.91. The first-order chi connectivity index (χ1) is 10.9. The molecule has 23 heavy (non-hydrogen) atoms. The third-order valence-electron chi connectivity index (χ3n) is 4.45. The van der Waals surface area contributed by atoms with E-state index in [1.807, 2.05) is 0 Å². The summed E-state index contributed by atoms with van der Waals surface area (Å²) in [5.74, 6) is 0.364. The highest BCUT2D eigenvalue weighted by Crippen LogP contribution is 2.46. The molecule has 2 unspecified atom stereocenters. The van der Waals surface area contributed by atoms with E-state index in [1.165, 1.54) is 11.1 Å². The van der Waals surface area contributed by atoms with Crippen LogP contribution in [0, 0.1) is 0 Å². The molecule has 2 atom stereocenters. The molecule has 2 heteroatoms. The molecule has 0 saturated heterocycles. The maximum Gasteiger partial charge on any atom is 0.185 e. The van der Waals surface area contributed by atoms with Crippen molar-refractivity contribution in [1.29, 1.82) is 0 Å². The minimum Gasteiger partial charge on any atom is -0.408 e. The minimum absolute atomic E-state index is 0.248. The molecule has 0 aliphatic carbocycles. The molecule has 0 N–H and O–H groups in total. The molecule has 0 saturated carbocycles. The van der Waals surface area contributed by atoms with Crippen LogP contribution >= 0.6 is 0 Å². The summed E-state index contributed by atoms with van der Waals surface area (Å²) in [6.45, 7) is 11.4. The highest BCUT2D eigenvalue weighted by Gasteiger charge is 2.42. The van der Waals surface area contributed by atoms with Crippen LogP contribution in [-0.2, 0) is 10.0 Å². The highest BCUT2D eigenvalue weighted by molar-refractivity contribution is 6.69. The Morgan fingerprint density at radius 2 is 1.39 bits per heavy atom. The van der Waals surface area contributed by atoms with Gasteiger partial charge < -0.3 is 4.43 Å². The van der Waals surface area contributed by atoms with Crippen molar-refractivity contribution in [3.63, 3.8) is 0 Å². The molecule has 0 spiro atoms. The van der Waals surface area contributed by atoms with Gasteiger partial charge in [-0.3, -0.25) is 0 Å². The van der Waals surface area contributed by atoms with E-state index < -0.39 is 8.32 Å². The highest BCUT2D eigenvalue weighted by atomic mass is 28.4. The van der Waals surface area contributed by atoms with Crippen LogP contribution in [-0.4, -0.2) is 8.32 Å². The number of rotatable bonds is 7. The van der Waals surface area contributed by atoms with Crippen LogP contribution < -0.4 is 0 Å². The summed E-state index contributed by atoms with van der Waals surface area (Å²) in [6, 6.07) is 21.7. The molecule has 0 aromatic heterocycles. The van der Waals surface area contributed by atoms with Crippen LogP contribution in [0.2, 0.25) is 19.6 Å². The predicted octanol–water partition coefficient (Wildman–Crippen LogP) is 6.34. The van der Waals surface area contributed by atoms with E-state index >= 15 is 0 Å². The molecule has 0 radical (unpaired) electrons. The lowest BCUT2D eigenvalue weighted by Crippen LogP contribution is -2.44. The van der Waals surface area contributed by atoms with Gasteiger partial charge in [-0.2, -0.15) is 0 Å². The zero-order valence-corrected chi connectivity index (χ0v) is 16.2. The summed E-state index contributed by atoms with van der Waals surface area (Å²) in [4.78, 5) is 0. The zero-order valence-electron chi connectivity index (χ0n) is 15.2. The van der Waals surface area contributed by atoms with Gasteiger partial charge in [0.25, 0.3) is 0 Å². The quantitative estimate of drug-likeness (QED) is 0.540. The molecule has 1 nitrogen and oxygen atoms in total. The summed E-state index contributed by atoms with van der Waals surface area (Å²) in [7, 11) is -1.71. The lowest BCUT2D eigenvalue weighted by molar-refractivity contribution is 0.0212. The van der Waals surface area contributed by atoms with E-state index in [9.17, 15) is 0 Å². The normalized spacial score (nSPS) is 15.9. The van der Waals surface area contributed by atoms with Crippen LogP contribution in [0.5, 0.6) is 0 Å². The SMILES string of the molecule is CCC(c1ccccc1)C(CC)(O[Si](C)(C)C)c1ccccc1. The Morgan fingerprint density at radius 1 is 0.870 bits per heavy atom. The second kappa shape index (κ2) is 7.46. The van der Waals surface area contributed by atoms with Gasteiger partial charge in [-0.05, 0) is 43.6 Å². The lowest BCUT2D eigenvalue weighted by atomic mass is 9.74. The first kappa shape index (κ1) is 18.0. The van der Waals surface area contributed by atoms with Crippen molar-refractivity contribution in [3.8, 4) is 0 Å². The first-order valence-electron chi connectivity index (χ1n) is 8.73. The summed E-state index contributed by atoms with van der Waals surface area (Å²) >= 11 is 0. The van der Waals surface area contributed by atoms with Crippen molar-refractivity contribution in [2.24, 2.45) is 0 Å². The summed E-state index contributed by atoms with van der Waals surface area (Å²) < 4.78 is 6.91. The molecule has 0 aliphatic rings. The molecule has 0 heterocycles. The van der Waals surface area contributed by atoms with Crippen LogP contribution in [0.3, 0.4) is 0 Å². The van der Waals surface area contributed by atoms with Gasteiger partial charge in [0.15, 0.2) is 8.32 Å². The van der Waals surface area contributed by atoms with E-state index in [-0.39, 0.29) is 5.60 Å². The Labute approximate surface area is 142 Å². The lowest BCUT2D eigenvalue weighted by Gasteiger charge is -2.45. The largest absolute Gasteiger partial charge is 0.408 e. The zero-order chi connectivity index (χ0) is 16.9. The van der Waals surface area contributed by atoms with Crippen LogP contribution in [0.4, 0.5) is 0 Å². The van der Waals surface area contributed by atoms with Gasteiger partial charge in [-0.15, -0.1) is 0 Å². The molecule has 2 aromatic carbocycles. The van der Waals surface area contributed by atoms with Gasteiger partial charge in [-0.25, -0.2) is 0 Å². The van der Waals surface area contributed by atoms with Crippen LogP contribution in [0.15, 0.2) is 60.7 Å². The smallest absolute Gasteiger partial charge is 0.185 e. The molecule has 0 fully saturated rings. The van der Waals surface area contributed by atoms with Gasteiger partial charge in [0, 0.05) is 5.92 Å². The van der Waals surface area contributed by atoms with Gasteiger partial charge in [-0.1, -0.05) is 74.5 Å². The second-order valence-electron chi connectivity index (χ2n) is 7.20. The number of benzene rings is 2. The average Bonchev–Trinajstić information content (AvgIpc) is 2.55. The fourth-order valence-corrected chi connectivity index (χ4v) is 5.14. The molecule has 2 aromatic rings. The third kappa shape index (κ3) is 4.13. The molecule has 0 bridgehead atoms. The summed E-state index contributed by atoms with van der Waals surface area (Å²) in [5.41, 5.74) is 2.43. The van der Waals surface area contributed by atoms with Crippen molar-refractivity contribution >= 4 is 8.32 Å². The Balaban J connectivity index is 2.59. The molecule has 0 amide bonds. The van der Waals surface area contributed by atoms with Crippen molar-refractivity contribution in [2.45, 2.75) is 57.8 Å². The van der Waals surface area contributed by atoms with Crippen molar-refractivity contribution in [1.82, 2.24) is 0 Å². The topological polar surface area (TPSA) is 9.23 Å². The molecule has 124 valence electrons. The van der Waals surface area contributed by atoms with E-state index in [0.717, 1.165) is 12.8 Å². The van der Waals surface area contributed by atoms with Crippen molar-refractivity contribution in [3.05, 3.63) is 71.8 Å². The van der Waals surface area contributed by atoms with E-state index in [0.29, 0.717) is 5.92 Å². The van der Waals surface area contributed by atoms with Gasteiger partial charge >= 0.3 is 0 Å². The number of hydrogen-bond acceptors (Lipinski definition) is 1. The van der Waals surface area contributed by atoms with Crippen molar-refractivity contribution < 1.29 is 4.43 Å². The van der Waals surface area contributed by atoms with Gasteiger partial charge in [0.2, 0.25) is 0 Å². The molecular formula is C21H30OSi. The molecular weight excluding hydrogens is 296 g/mol. The van der Waals surface area contributed by atoms with E-state index in [2.05, 4.69) is 94.2 Å². The first-order valence-corrected chi connectivity index (χ1v) is 12.1. The Kier molecular flexibility index (Phi) is 5.82. The standard InChI is InChI=1S/C21H30OSi/c1-6-20(18-14-10-8-11-15-18)21(7-2,22-23(3,4)5)19-16-12-9-13-17-19/h8-17,20H,6-7H2,1-5H3.